The first-order valence-electron chi connectivity index (χ1n) is 7.08. The summed E-state index contributed by atoms with van der Waals surface area (Å²) in [5.74, 6) is 1.67. The Morgan fingerprint density at radius 3 is 2.48 bits per heavy atom. The first kappa shape index (κ1) is 16.8. The molecule has 8 nitrogen and oxygen atoms in total. The van der Waals surface area contributed by atoms with Gasteiger partial charge in [0.15, 0.2) is 23.0 Å². The monoisotopic (exact) mass is 364 g/mol. The second kappa shape index (κ2) is 6.86. The Morgan fingerprint density at radius 2 is 1.84 bits per heavy atom. The molecule has 1 heterocycles. The lowest BCUT2D eigenvalue weighted by molar-refractivity contribution is -0.385. The highest BCUT2D eigenvalue weighted by Crippen LogP contribution is 2.39. The molecule has 9 heteroatoms. The van der Waals surface area contributed by atoms with Gasteiger partial charge in [0.1, 0.15) is 5.17 Å². The smallest absolute Gasteiger partial charge is 0.283 e. The Balaban J connectivity index is 2.04. The number of hydrogen-bond donors (Lipinski definition) is 0. The summed E-state index contributed by atoms with van der Waals surface area (Å²) in [5, 5.41) is 11.3. The molecule has 2 aromatic rings. The Hall–Kier alpha value is -3.00. The van der Waals surface area contributed by atoms with Crippen molar-refractivity contribution in [2.75, 3.05) is 21.0 Å². The molecule has 2 aromatic carbocycles. The molecule has 0 unspecified atom stereocenters. The number of hydrogen-bond acceptors (Lipinski definition) is 7. The van der Waals surface area contributed by atoms with Gasteiger partial charge in [-0.15, -0.1) is 0 Å². The second-order valence-corrected chi connectivity index (χ2v) is 5.28. The number of nitro benzene ring substituents is 1. The van der Waals surface area contributed by atoms with Gasteiger partial charge in [0.05, 0.1) is 36.5 Å². The van der Waals surface area contributed by atoms with Crippen molar-refractivity contribution in [1.82, 2.24) is 0 Å². The minimum Gasteiger partial charge on any atom is -0.493 e. The van der Waals surface area contributed by atoms with Gasteiger partial charge in [-0.05, 0) is 12.1 Å². The van der Waals surface area contributed by atoms with Crippen LogP contribution in [0.3, 0.4) is 0 Å². The van der Waals surface area contributed by atoms with Gasteiger partial charge in [-0.25, -0.2) is 4.99 Å². The molecule has 0 aliphatic carbocycles. The van der Waals surface area contributed by atoms with E-state index in [1.54, 1.807) is 18.2 Å². The van der Waals surface area contributed by atoms with Crippen LogP contribution < -0.4 is 18.9 Å². The number of methoxy groups -OCH3 is 2. The van der Waals surface area contributed by atoms with E-state index in [0.717, 1.165) is 0 Å². The molecule has 1 aliphatic rings. The second-order valence-electron chi connectivity index (χ2n) is 4.92. The fourth-order valence-corrected chi connectivity index (χ4v) is 2.56. The molecular weight excluding hydrogens is 352 g/mol. The van der Waals surface area contributed by atoms with E-state index in [9.17, 15) is 10.1 Å². The maximum absolute atomic E-state index is 11.3. The fourth-order valence-electron chi connectivity index (χ4n) is 2.32. The van der Waals surface area contributed by atoms with Crippen LogP contribution in [0.4, 0.5) is 11.4 Å². The average molecular weight is 365 g/mol. The normalized spacial score (nSPS) is 12.8. The third-order valence-electron chi connectivity index (χ3n) is 3.50. The molecule has 0 spiro atoms. The van der Waals surface area contributed by atoms with Crippen molar-refractivity contribution in [1.29, 1.82) is 0 Å². The summed E-state index contributed by atoms with van der Waals surface area (Å²) < 4.78 is 20.8. The number of nitro groups is 1. The third-order valence-corrected chi connectivity index (χ3v) is 3.79. The number of rotatable bonds is 5. The Morgan fingerprint density at radius 1 is 1.16 bits per heavy atom. The van der Waals surface area contributed by atoms with E-state index in [-0.39, 0.29) is 23.2 Å². The van der Waals surface area contributed by atoms with E-state index < -0.39 is 4.92 Å². The highest BCUT2D eigenvalue weighted by Gasteiger charge is 2.25. The van der Waals surface area contributed by atoms with Crippen LogP contribution in [-0.2, 0) is 0 Å². The molecular formula is C16H13ClN2O6. The van der Waals surface area contributed by atoms with E-state index in [1.165, 1.54) is 26.4 Å². The van der Waals surface area contributed by atoms with Crippen LogP contribution in [0.2, 0.25) is 0 Å². The zero-order valence-electron chi connectivity index (χ0n) is 13.3. The maximum Gasteiger partial charge on any atom is 0.283 e. The number of nitrogens with zero attached hydrogens (tertiary/aromatic N) is 2. The molecule has 130 valence electrons. The topological polar surface area (TPSA) is 92.4 Å². The van der Waals surface area contributed by atoms with Crippen molar-refractivity contribution in [3.63, 3.8) is 0 Å². The van der Waals surface area contributed by atoms with Gasteiger partial charge in [-0.3, -0.25) is 10.1 Å². The molecule has 1 aliphatic heterocycles. The van der Waals surface area contributed by atoms with Crippen molar-refractivity contribution in [2.45, 2.75) is 0 Å². The Bertz CT molecular complexity index is 868. The van der Waals surface area contributed by atoms with E-state index >= 15 is 0 Å². The predicted molar refractivity (Wildman–Crippen MR) is 90.8 cm³/mol. The molecule has 0 saturated heterocycles. The summed E-state index contributed by atoms with van der Waals surface area (Å²) in [6.07, 6.45) is 0. The number of ether oxygens (including phenoxy) is 4. The minimum atomic E-state index is -0.552. The van der Waals surface area contributed by atoms with Crippen LogP contribution in [0, 0.1) is 10.1 Å². The molecule has 0 saturated carbocycles. The number of benzene rings is 2. The molecule has 0 N–H and O–H groups in total. The van der Waals surface area contributed by atoms with Gasteiger partial charge in [0.25, 0.3) is 5.69 Å². The van der Waals surface area contributed by atoms with Crippen molar-refractivity contribution in [2.24, 2.45) is 4.99 Å². The number of fused-ring (bicyclic) bond motifs is 1. The lowest BCUT2D eigenvalue weighted by Gasteiger charge is -2.08. The van der Waals surface area contributed by atoms with Gasteiger partial charge in [-0.1, -0.05) is 11.6 Å². The highest BCUT2D eigenvalue weighted by molar-refractivity contribution is 6.70. The highest BCUT2D eigenvalue weighted by atomic mass is 35.5. The molecule has 0 fully saturated rings. The lowest BCUT2D eigenvalue weighted by atomic mass is 10.1. The zero-order chi connectivity index (χ0) is 18.0. The summed E-state index contributed by atoms with van der Waals surface area (Å²) >= 11 is 6.24. The Kier molecular flexibility index (Phi) is 4.62. The van der Waals surface area contributed by atoms with Gasteiger partial charge in [0, 0.05) is 12.1 Å². The van der Waals surface area contributed by atoms with Gasteiger partial charge in [0.2, 0.25) is 6.79 Å². The molecule has 0 bridgehead atoms. The van der Waals surface area contributed by atoms with Crippen LogP contribution in [0.15, 0.2) is 35.3 Å². The largest absolute Gasteiger partial charge is 0.493 e. The summed E-state index contributed by atoms with van der Waals surface area (Å²) in [7, 11) is 3.01. The van der Waals surface area contributed by atoms with Gasteiger partial charge >= 0.3 is 0 Å². The third kappa shape index (κ3) is 3.29. The van der Waals surface area contributed by atoms with Crippen molar-refractivity contribution < 1.29 is 23.9 Å². The first-order chi connectivity index (χ1) is 12.0. The van der Waals surface area contributed by atoms with Crippen LogP contribution in [0.25, 0.3) is 0 Å². The predicted octanol–water partition coefficient (Wildman–Crippen LogP) is 3.66. The molecule has 25 heavy (non-hydrogen) atoms. The number of halogens is 1. The van der Waals surface area contributed by atoms with Crippen LogP contribution in [0.5, 0.6) is 23.0 Å². The van der Waals surface area contributed by atoms with E-state index in [1.807, 2.05) is 0 Å². The molecule has 0 amide bonds. The maximum atomic E-state index is 11.3. The standard InChI is InChI=1S/C16H13ClN2O6/c1-22-12-4-3-9(5-13(12)23-2)18-16(17)10-6-14-15(25-8-24-14)7-11(10)19(20)21/h3-7H,8H2,1-2H3/b18-16-. The van der Waals surface area contributed by atoms with Crippen molar-refractivity contribution in [3.05, 3.63) is 46.0 Å². The zero-order valence-corrected chi connectivity index (χ0v) is 14.1. The summed E-state index contributed by atoms with van der Waals surface area (Å²) in [5.41, 5.74) is 0.360. The van der Waals surface area contributed by atoms with Crippen LogP contribution >= 0.6 is 11.6 Å². The summed E-state index contributed by atoms with van der Waals surface area (Å²) in [4.78, 5) is 15.0. The molecule has 0 atom stereocenters. The van der Waals surface area contributed by atoms with Crippen molar-refractivity contribution in [3.8, 4) is 23.0 Å². The fraction of sp³-hybridized carbons (Fsp3) is 0.188. The van der Waals surface area contributed by atoms with E-state index in [0.29, 0.717) is 28.7 Å². The van der Waals surface area contributed by atoms with Crippen molar-refractivity contribution >= 4 is 28.1 Å². The van der Waals surface area contributed by atoms with Crippen LogP contribution in [0.1, 0.15) is 5.56 Å². The SMILES string of the molecule is COc1ccc(/N=C(\Cl)c2cc3c(cc2[N+](=O)[O-])OCO3)cc1OC. The lowest BCUT2D eigenvalue weighted by Crippen LogP contribution is -1.99. The molecule has 3 rings (SSSR count). The van der Waals surface area contributed by atoms with Gasteiger partial charge < -0.3 is 18.9 Å². The average Bonchev–Trinajstić information content (AvgIpc) is 3.07. The van der Waals surface area contributed by atoms with Crippen LogP contribution in [-0.4, -0.2) is 31.1 Å². The van der Waals surface area contributed by atoms with E-state index in [2.05, 4.69) is 4.99 Å². The molecule has 0 radical (unpaired) electrons. The minimum absolute atomic E-state index is 0.000379. The van der Waals surface area contributed by atoms with Gasteiger partial charge in [-0.2, -0.15) is 0 Å². The Labute approximate surface area is 147 Å². The summed E-state index contributed by atoms with van der Waals surface area (Å²) in [6.45, 7) is 0.000379. The van der Waals surface area contributed by atoms with E-state index in [4.69, 9.17) is 30.5 Å². The summed E-state index contributed by atoms with van der Waals surface area (Å²) in [6, 6.07) is 7.63. The quantitative estimate of drug-likeness (QED) is 0.456. The number of aliphatic imine (C=N–C) groups is 1. The molecule has 0 aromatic heterocycles. The first-order valence-corrected chi connectivity index (χ1v) is 7.46.